The Hall–Kier alpha value is -2.49. The lowest BCUT2D eigenvalue weighted by atomic mass is 9.93. The van der Waals surface area contributed by atoms with Gasteiger partial charge in [0.15, 0.2) is 11.5 Å². The molecule has 4 nitrogen and oxygen atoms in total. The van der Waals surface area contributed by atoms with Crippen LogP contribution in [0, 0.1) is 0 Å². The van der Waals surface area contributed by atoms with Crippen molar-refractivity contribution in [1.82, 2.24) is 4.90 Å². The largest absolute Gasteiger partial charge is 0.493 e. The molecule has 2 aromatic carbocycles. The number of amides is 1. The first-order valence-corrected chi connectivity index (χ1v) is 10.8. The zero-order valence-electron chi connectivity index (χ0n) is 17.7. The number of hydrogen-bond donors (Lipinski definition) is 0. The number of hydrogen-bond acceptors (Lipinski definition) is 3. The van der Waals surface area contributed by atoms with Crippen LogP contribution in [0.5, 0.6) is 11.5 Å². The van der Waals surface area contributed by atoms with Crippen molar-refractivity contribution >= 4 is 5.91 Å². The number of rotatable bonds is 9. The molecular weight excluding hydrogens is 362 g/mol. The summed E-state index contributed by atoms with van der Waals surface area (Å²) in [5.74, 6) is 1.70. The highest BCUT2D eigenvalue weighted by Crippen LogP contribution is 2.31. The molecule has 0 heterocycles. The van der Waals surface area contributed by atoms with Crippen LogP contribution in [0.4, 0.5) is 0 Å². The van der Waals surface area contributed by atoms with E-state index in [4.69, 9.17) is 9.47 Å². The molecule has 156 valence electrons. The third-order valence-electron chi connectivity index (χ3n) is 5.62. The first-order valence-electron chi connectivity index (χ1n) is 10.8. The molecule has 1 aliphatic carbocycles. The van der Waals surface area contributed by atoms with Crippen LogP contribution in [0.25, 0.3) is 0 Å². The van der Waals surface area contributed by atoms with Crippen molar-refractivity contribution in [1.29, 1.82) is 0 Å². The molecule has 0 aliphatic heterocycles. The minimum atomic E-state index is 0.266. The Balaban J connectivity index is 1.75. The number of methoxy groups -OCH3 is 1. The van der Waals surface area contributed by atoms with E-state index in [0.717, 1.165) is 36.1 Å². The molecule has 1 aliphatic rings. The van der Waals surface area contributed by atoms with Crippen LogP contribution in [-0.2, 0) is 17.9 Å². The molecular formula is C25H33NO3. The summed E-state index contributed by atoms with van der Waals surface area (Å²) in [6.45, 7) is 3.19. The van der Waals surface area contributed by atoms with Gasteiger partial charge in [-0.3, -0.25) is 4.79 Å². The summed E-state index contributed by atoms with van der Waals surface area (Å²) in [5.41, 5.74) is 2.20. The summed E-state index contributed by atoms with van der Waals surface area (Å²) in [4.78, 5) is 14.9. The Labute approximate surface area is 174 Å². The molecule has 1 amide bonds. The maximum absolute atomic E-state index is 12.8. The van der Waals surface area contributed by atoms with E-state index in [9.17, 15) is 4.79 Å². The molecule has 1 saturated carbocycles. The standard InChI is InChI=1S/C25H33NO3/c1-3-10-25(27)26(22-13-8-5-9-14-22)18-21-15-16-23(28-2)24(17-21)29-19-20-11-6-4-7-12-20/h4,6-7,11-12,15-17,22H,3,5,8-10,13-14,18-19H2,1-2H3. The SMILES string of the molecule is CCCC(=O)N(Cc1ccc(OC)c(OCc2ccccc2)c1)C1CCCCC1. The summed E-state index contributed by atoms with van der Waals surface area (Å²) < 4.78 is 11.6. The molecule has 4 heteroatoms. The van der Waals surface area contributed by atoms with Crippen LogP contribution in [0.2, 0.25) is 0 Å². The van der Waals surface area contributed by atoms with E-state index in [1.54, 1.807) is 7.11 Å². The van der Waals surface area contributed by atoms with Crippen LogP contribution in [-0.4, -0.2) is 24.0 Å². The second kappa shape index (κ2) is 10.9. The van der Waals surface area contributed by atoms with E-state index in [-0.39, 0.29) is 5.91 Å². The molecule has 0 radical (unpaired) electrons. The molecule has 2 aromatic rings. The number of nitrogens with zero attached hydrogens (tertiary/aromatic N) is 1. The lowest BCUT2D eigenvalue weighted by molar-refractivity contribution is -0.135. The second-order valence-electron chi connectivity index (χ2n) is 7.82. The highest BCUT2D eigenvalue weighted by molar-refractivity contribution is 5.76. The van der Waals surface area contributed by atoms with Gasteiger partial charge in [0.1, 0.15) is 6.61 Å². The van der Waals surface area contributed by atoms with Crippen molar-refractivity contribution in [3.05, 3.63) is 59.7 Å². The van der Waals surface area contributed by atoms with Crippen LogP contribution in [0.1, 0.15) is 63.0 Å². The zero-order valence-corrected chi connectivity index (χ0v) is 17.7. The summed E-state index contributed by atoms with van der Waals surface area (Å²) >= 11 is 0. The Morgan fingerprint density at radius 2 is 1.76 bits per heavy atom. The highest BCUT2D eigenvalue weighted by atomic mass is 16.5. The number of carbonyl (C=O) groups is 1. The predicted molar refractivity (Wildman–Crippen MR) is 116 cm³/mol. The van der Waals surface area contributed by atoms with Crippen molar-refractivity contribution in [2.45, 2.75) is 71.1 Å². The van der Waals surface area contributed by atoms with Crippen molar-refractivity contribution in [2.75, 3.05) is 7.11 Å². The van der Waals surface area contributed by atoms with Gasteiger partial charge in [0.05, 0.1) is 7.11 Å². The summed E-state index contributed by atoms with van der Waals surface area (Å²) in [5, 5.41) is 0. The average Bonchev–Trinajstić information content (AvgIpc) is 2.77. The first kappa shape index (κ1) is 21.2. The fourth-order valence-corrected chi connectivity index (χ4v) is 4.04. The molecule has 0 saturated heterocycles. The lowest BCUT2D eigenvalue weighted by Gasteiger charge is -2.34. The van der Waals surface area contributed by atoms with Gasteiger partial charge in [-0.1, -0.05) is 62.6 Å². The number of ether oxygens (including phenoxy) is 2. The van der Waals surface area contributed by atoms with Gasteiger partial charge in [-0.25, -0.2) is 0 Å². The van der Waals surface area contributed by atoms with Gasteiger partial charge in [0.2, 0.25) is 5.91 Å². The van der Waals surface area contributed by atoms with Crippen LogP contribution >= 0.6 is 0 Å². The summed E-state index contributed by atoms with van der Waals surface area (Å²) in [6, 6.07) is 16.5. The maximum Gasteiger partial charge on any atom is 0.223 e. The second-order valence-corrected chi connectivity index (χ2v) is 7.82. The fourth-order valence-electron chi connectivity index (χ4n) is 4.04. The van der Waals surface area contributed by atoms with E-state index in [0.29, 0.717) is 31.4 Å². The molecule has 0 unspecified atom stereocenters. The normalized spacial score (nSPS) is 14.4. The van der Waals surface area contributed by atoms with Crippen LogP contribution < -0.4 is 9.47 Å². The monoisotopic (exact) mass is 395 g/mol. The van der Waals surface area contributed by atoms with Crippen molar-refractivity contribution in [3.63, 3.8) is 0 Å². The van der Waals surface area contributed by atoms with Crippen molar-refractivity contribution in [2.24, 2.45) is 0 Å². The van der Waals surface area contributed by atoms with Gasteiger partial charge >= 0.3 is 0 Å². The number of benzene rings is 2. The molecule has 0 aromatic heterocycles. The Bertz CT molecular complexity index is 769. The number of carbonyl (C=O) groups excluding carboxylic acids is 1. The van der Waals surface area contributed by atoms with Gasteiger partial charge < -0.3 is 14.4 Å². The highest BCUT2D eigenvalue weighted by Gasteiger charge is 2.25. The van der Waals surface area contributed by atoms with Gasteiger partial charge in [-0.2, -0.15) is 0 Å². The minimum Gasteiger partial charge on any atom is -0.493 e. The first-order chi connectivity index (χ1) is 14.2. The van der Waals surface area contributed by atoms with Crippen LogP contribution in [0.3, 0.4) is 0 Å². The van der Waals surface area contributed by atoms with Gasteiger partial charge in [-0.05, 0) is 42.5 Å². The fraction of sp³-hybridized carbons (Fsp3) is 0.480. The Morgan fingerprint density at radius 3 is 2.45 bits per heavy atom. The lowest BCUT2D eigenvalue weighted by Crippen LogP contribution is -2.40. The van der Waals surface area contributed by atoms with E-state index in [1.807, 2.05) is 48.5 Å². The molecule has 0 spiro atoms. The topological polar surface area (TPSA) is 38.8 Å². The Kier molecular flexibility index (Phi) is 7.97. The van der Waals surface area contributed by atoms with Crippen LogP contribution in [0.15, 0.2) is 48.5 Å². The third-order valence-corrected chi connectivity index (χ3v) is 5.62. The summed E-state index contributed by atoms with van der Waals surface area (Å²) in [6.07, 6.45) is 7.45. The van der Waals surface area contributed by atoms with Gasteiger partial charge in [0.25, 0.3) is 0 Å². The average molecular weight is 396 g/mol. The molecule has 0 bridgehead atoms. The van der Waals surface area contributed by atoms with E-state index in [1.165, 1.54) is 19.3 Å². The maximum atomic E-state index is 12.8. The molecule has 3 rings (SSSR count). The van der Waals surface area contributed by atoms with Gasteiger partial charge in [-0.15, -0.1) is 0 Å². The van der Waals surface area contributed by atoms with E-state index >= 15 is 0 Å². The molecule has 0 atom stereocenters. The zero-order chi connectivity index (χ0) is 20.5. The third kappa shape index (κ3) is 5.99. The molecule has 29 heavy (non-hydrogen) atoms. The molecule has 1 fully saturated rings. The summed E-state index contributed by atoms with van der Waals surface area (Å²) in [7, 11) is 1.66. The van der Waals surface area contributed by atoms with Gasteiger partial charge in [0, 0.05) is 19.0 Å². The van der Waals surface area contributed by atoms with E-state index in [2.05, 4.69) is 11.8 Å². The van der Waals surface area contributed by atoms with E-state index < -0.39 is 0 Å². The predicted octanol–water partition coefficient (Wildman–Crippen LogP) is 5.74. The Morgan fingerprint density at radius 1 is 1.00 bits per heavy atom. The van der Waals surface area contributed by atoms with Crippen molar-refractivity contribution < 1.29 is 14.3 Å². The quantitative estimate of drug-likeness (QED) is 0.544. The smallest absolute Gasteiger partial charge is 0.223 e. The van der Waals surface area contributed by atoms with Crippen molar-refractivity contribution in [3.8, 4) is 11.5 Å². The molecule has 0 N–H and O–H groups in total. The minimum absolute atomic E-state index is 0.266.